The molecule has 0 bridgehead atoms. The molecule has 3 atom stereocenters. The predicted octanol–water partition coefficient (Wildman–Crippen LogP) is 5.36. The second-order valence-electron chi connectivity index (χ2n) is 8.22. The van der Waals surface area contributed by atoms with E-state index in [0.29, 0.717) is 22.2 Å². The van der Waals surface area contributed by atoms with Gasteiger partial charge in [0.05, 0.1) is 17.1 Å². The molecule has 0 radical (unpaired) electrons. The van der Waals surface area contributed by atoms with Crippen molar-refractivity contribution >= 4 is 28.2 Å². The van der Waals surface area contributed by atoms with Crippen molar-refractivity contribution in [3.8, 4) is 11.1 Å². The van der Waals surface area contributed by atoms with Crippen molar-refractivity contribution in [2.75, 3.05) is 0 Å². The van der Waals surface area contributed by atoms with E-state index in [0.717, 1.165) is 28.7 Å². The van der Waals surface area contributed by atoms with Gasteiger partial charge in [0.1, 0.15) is 0 Å². The molecule has 1 fully saturated rings. The maximum Gasteiger partial charge on any atom is 0.261 e. The van der Waals surface area contributed by atoms with Gasteiger partial charge in [0.15, 0.2) is 5.65 Å². The van der Waals surface area contributed by atoms with Gasteiger partial charge in [-0.1, -0.05) is 50.4 Å². The average Bonchev–Trinajstić information content (AvgIpc) is 3.16. The van der Waals surface area contributed by atoms with Crippen LogP contribution in [0.1, 0.15) is 39.2 Å². The summed E-state index contributed by atoms with van der Waals surface area (Å²) in [5.74, 6) is 1.11. The fourth-order valence-corrected chi connectivity index (χ4v) is 4.80. The zero-order valence-electron chi connectivity index (χ0n) is 16.5. The number of aromatic nitrogens is 4. The number of pyridine rings is 1. The first-order valence-electron chi connectivity index (χ1n) is 10.2. The van der Waals surface area contributed by atoms with Crippen LogP contribution in [0.4, 0.5) is 0 Å². The highest BCUT2D eigenvalue weighted by Gasteiger charge is 2.29. The zero-order valence-corrected chi connectivity index (χ0v) is 17.3. The van der Waals surface area contributed by atoms with E-state index in [1.807, 2.05) is 41.1 Å². The van der Waals surface area contributed by atoms with Gasteiger partial charge in [-0.3, -0.25) is 4.79 Å². The molecule has 5 nitrogen and oxygen atoms in total. The van der Waals surface area contributed by atoms with E-state index in [1.54, 1.807) is 16.9 Å². The van der Waals surface area contributed by atoms with E-state index in [1.165, 1.54) is 12.8 Å². The van der Waals surface area contributed by atoms with Crippen molar-refractivity contribution in [3.63, 3.8) is 0 Å². The van der Waals surface area contributed by atoms with Gasteiger partial charge in [0.25, 0.3) is 5.56 Å². The van der Waals surface area contributed by atoms with E-state index in [2.05, 4.69) is 23.9 Å². The number of hydrogen-bond acceptors (Lipinski definition) is 3. The largest absolute Gasteiger partial charge is 0.311 e. The summed E-state index contributed by atoms with van der Waals surface area (Å²) >= 11 is 6.01. The highest BCUT2D eigenvalue weighted by molar-refractivity contribution is 6.30. The molecule has 5 rings (SSSR count). The summed E-state index contributed by atoms with van der Waals surface area (Å²) in [6.45, 7) is 4.55. The van der Waals surface area contributed by atoms with Crippen LogP contribution in [0.5, 0.6) is 0 Å². The number of fused-ring (bicyclic) bond motifs is 3. The molecular weight excluding hydrogens is 384 g/mol. The minimum absolute atomic E-state index is 0.0198. The highest BCUT2D eigenvalue weighted by Crippen LogP contribution is 2.37. The maximum atomic E-state index is 13.3. The van der Waals surface area contributed by atoms with Crippen LogP contribution in [0.3, 0.4) is 0 Å². The van der Waals surface area contributed by atoms with Crippen molar-refractivity contribution in [1.29, 1.82) is 0 Å². The first-order chi connectivity index (χ1) is 14.0. The molecule has 0 unspecified atom stereocenters. The van der Waals surface area contributed by atoms with Crippen molar-refractivity contribution in [1.82, 2.24) is 19.2 Å². The van der Waals surface area contributed by atoms with Gasteiger partial charge in [-0.2, -0.15) is 5.10 Å². The van der Waals surface area contributed by atoms with Crippen LogP contribution in [0.25, 0.3) is 27.7 Å². The van der Waals surface area contributed by atoms with Crippen molar-refractivity contribution in [3.05, 3.63) is 64.3 Å². The Kier molecular flexibility index (Phi) is 4.43. The smallest absolute Gasteiger partial charge is 0.261 e. The molecule has 0 aliphatic heterocycles. The molecule has 0 spiro atoms. The van der Waals surface area contributed by atoms with Gasteiger partial charge in [0.2, 0.25) is 0 Å². The maximum absolute atomic E-state index is 13.3. The second kappa shape index (κ2) is 6.99. The Morgan fingerprint density at radius 2 is 1.86 bits per heavy atom. The minimum atomic E-state index is 0.0198. The normalized spacial score (nSPS) is 22.4. The lowest BCUT2D eigenvalue weighted by Crippen LogP contribution is -2.33. The van der Waals surface area contributed by atoms with Crippen LogP contribution < -0.4 is 5.56 Å². The number of halogens is 1. The molecule has 4 aromatic rings. The highest BCUT2D eigenvalue weighted by atomic mass is 35.5. The minimum Gasteiger partial charge on any atom is -0.311 e. The Bertz CT molecular complexity index is 1260. The molecule has 0 saturated heterocycles. The monoisotopic (exact) mass is 406 g/mol. The lowest BCUT2D eigenvalue weighted by molar-refractivity contribution is 0.183. The Hall–Kier alpha value is -2.66. The predicted molar refractivity (Wildman–Crippen MR) is 116 cm³/mol. The lowest BCUT2D eigenvalue weighted by Gasteiger charge is -2.35. The van der Waals surface area contributed by atoms with Crippen molar-refractivity contribution in [2.24, 2.45) is 11.8 Å². The molecule has 3 heterocycles. The SMILES string of the molecule is C[C@@H]1[C@@H](C)CCC[C@@H]1n1ccc2c(cnc3c(-c4ccc(Cl)cc4)cnn32)c1=O. The third-order valence-electron chi connectivity index (χ3n) is 6.60. The van der Waals surface area contributed by atoms with E-state index in [9.17, 15) is 4.79 Å². The quantitative estimate of drug-likeness (QED) is 0.450. The topological polar surface area (TPSA) is 52.2 Å². The van der Waals surface area contributed by atoms with Gasteiger partial charge in [0, 0.05) is 29.0 Å². The molecule has 1 aromatic carbocycles. The first kappa shape index (κ1) is 18.4. The fraction of sp³-hybridized carbons (Fsp3) is 0.348. The molecule has 0 N–H and O–H groups in total. The summed E-state index contributed by atoms with van der Waals surface area (Å²) in [4.78, 5) is 17.9. The van der Waals surface area contributed by atoms with Gasteiger partial charge >= 0.3 is 0 Å². The summed E-state index contributed by atoms with van der Waals surface area (Å²) in [7, 11) is 0. The number of hydrogen-bond donors (Lipinski definition) is 0. The van der Waals surface area contributed by atoms with Crippen LogP contribution in [-0.2, 0) is 0 Å². The number of rotatable bonds is 2. The van der Waals surface area contributed by atoms with E-state index >= 15 is 0 Å². The molecule has 1 aliphatic carbocycles. The Balaban J connectivity index is 1.65. The molecule has 148 valence electrons. The standard InChI is InChI=1S/C23H23ClN4O/c1-14-4-3-5-20(15(14)2)27-11-10-21-19(23(27)29)12-25-22-18(13-26-28(21)22)16-6-8-17(24)9-7-16/h6-15,20H,3-5H2,1-2H3/t14-,15+,20-/m0/s1. The summed E-state index contributed by atoms with van der Waals surface area (Å²) in [5, 5.41) is 5.83. The van der Waals surface area contributed by atoms with Crippen LogP contribution >= 0.6 is 11.6 Å². The fourth-order valence-electron chi connectivity index (χ4n) is 4.67. The van der Waals surface area contributed by atoms with Crippen LogP contribution in [-0.4, -0.2) is 19.2 Å². The molecule has 1 aliphatic rings. The molecule has 0 amide bonds. The van der Waals surface area contributed by atoms with Gasteiger partial charge in [-0.25, -0.2) is 9.50 Å². The summed E-state index contributed by atoms with van der Waals surface area (Å²) < 4.78 is 3.68. The molecule has 6 heteroatoms. The molecule has 29 heavy (non-hydrogen) atoms. The lowest BCUT2D eigenvalue weighted by atomic mass is 9.78. The van der Waals surface area contributed by atoms with E-state index in [4.69, 9.17) is 11.6 Å². The van der Waals surface area contributed by atoms with Crippen LogP contribution in [0.2, 0.25) is 5.02 Å². The molecular formula is C23H23ClN4O. The van der Waals surface area contributed by atoms with Gasteiger partial charge < -0.3 is 4.57 Å². The summed E-state index contributed by atoms with van der Waals surface area (Å²) in [6, 6.07) is 9.85. The Morgan fingerprint density at radius 3 is 2.66 bits per heavy atom. The van der Waals surface area contributed by atoms with Crippen LogP contribution in [0.15, 0.2) is 53.7 Å². The first-order valence-corrected chi connectivity index (χ1v) is 10.6. The summed E-state index contributed by atoms with van der Waals surface area (Å²) in [6.07, 6.45) is 8.88. The second-order valence-corrected chi connectivity index (χ2v) is 8.66. The Labute approximate surface area is 174 Å². The van der Waals surface area contributed by atoms with Crippen molar-refractivity contribution in [2.45, 2.75) is 39.2 Å². The summed E-state index contributed by atoms with van der Waals surface area (Å²) in [5.41, 5.74) is 3.45. The zero-order chi connectivity index (χ0) is 20.1. The third kappa shape index (κ3) is 2.96. The molecule has 1 saturated carbocycles. The Morgan fingerprint density at radius 1 is 1.07 bits per heavy atom. The average molecular weight is 407 g/mol. The van der Waals surface area contributed by atoms with E-state index < -0.39 is 0 Å². The number of nitrogens with zero attached hydrogens (tertiary/aromatic N) is 4. The third-order valence-corrected chi connectivity index (χ3v) is 6.85. The van der Waals surface area contributed by atoms with Crippen molar-refractivity contribution < 1.29 is 0 Å². The van der Waals surface area contributed by atoms with E-state index in [-0.39, 0.29) is 11.6 Å². The van der Waals surface area contributed by atoms with Gasteiger partial charge in [-0.15, -0.1) is 0 Å². The van der Waals surface area contributed by atoms with Gasteiger partial charge in [-0.05, 0) is 42.0 Å². The molecule has 3 aromatic heterocycles. The number of benzene rings is 1. The van der Waals surface area contributed by atoms with Crippen LogP contribution in [0, 0.1) is 11.8 Å².